The summed E-state index contributed by atoms with van der Waals surface area (Å²) in [6.07, 6.45) is 0. The molecule has 128 valence electrons. The van der Waals surface area contributed by atoms with E-state index in [4.69, 9.17) is 16.3 Å². The molecule has 0 spiro atoms. The van der Waals surface area contributed by atoms with E-state index in [-0.39, 0.29) is 29.1 Å². The minimum atomic E-state index is -0.540. The molecule has 2 aromatic rings. The fourth-order valence-electron chi connectivity index (χ4n) is 2.66. The Morgan fingerprint density at radius 3 is 2.52 bits per heavy atom. The summed E-state index contributed by atoms with van der Waals surface area (Å²) >= 11 is 5.91. The van der Waals surface area contributed by atoms with E-state index in [0.29, 0.717) is 17.2 Å². The number of carbonyl (C=O) groups excluding carboxylic acids is 2. The standard InChI is InChI=1S/C17H13ClN2O5/c1-2-25-9-10-7-12(20(23)24)4-6-15(10)19-16(21)13-5-3-11(18)8-14(13)17(19)22/h3-8H,2,9H2,1H3. The molecular formula is C17H13ClN2O5. The van der Waals surface area contributed by atoms with Crippen molar-refractivity contribution in [1.29, 1.82) is 0 Å². The van der Waals surface area contributed by atoms with Crippen molar-refractivity contribution >= 4 is 34.8 Å². The molecule has 2 aromatic carbocycles. The van der Waals surface area contributed by atoms with Crippen LogP contribution in [0.3, 0.4) is 0 Å². The summed E-state index contributed by atoms with van der Waals surface area (Å²) in [6, 6.07) is 8.40. The monoisotopic (exact) mass is 360 g/mol. The Kier molecular flexibility index (Phi) is 4.52. The van der Waals surface area contributed by atoms with Crippen molar-refractivity contribution in [3.8, 4) is 0 Å². The highest BCUT2D eigenvalue weighted by Crippen LogP contribution is 2.34. The largest absolute Gasteiger partial charge is 0.377 e. The van der Waals surface area contributed by atoms with Crippen LogP contribution in [0.25, 0.3) is 0 Å². The van der Waals surface area contributed by atoms with Crippen molar-refractivity contribution in [2.45, 2.75) is 13.5 Å². The number of rotatable bonds is 5. The molecule has 0 radical (unpaired) electrons. The summed E-state index contributed by atoms with van der Waals surface area (Å²) in [5.41, 5.74) is 0.962. The van der Waals surface area contributed by atoms with Gasteiger partial charge in [0.25, 0.3) is 17.5 Å². The van der Waals surface area contributed by atoms with Crippen LogP contribution in [-0.4, -0.2) is 23.3 Å². The summed E-state index contributed by atoms with van der Waals surface area (Å²) in [4.78, 5) is 36.8. The smallest absolute Gasteiger partial charge is 0.269 e. The van der Waals surface area contributed by atoms with E-state index in [9.17, 15) is 19.7 Å². The predicted molar refractivity (Wildman–Crippen MR) is 91.0 cm³/mol. The Labute approximate surface area is 147 Å². The zero-order chi connectivity index (χ0) is 18.1. The molecule has 0 saturated heterocycles. The summed E-state index contributed by atoms with van der Waals surface area (Å²) < 4.78 is 5.33. The fraction of sp³-hybridized carbons (Fsp3) is 0.176. The SMILES string of the molecule is CCOCc1cc([N+](=O)[O-])ccc1N1C(=O)c2ccc(Cl)cc2C1=O. The van der Waals surface area contributed by atoms with E-state index in [0.717, 1.165) is 4.90 Å². The summed E-state index contributed by atoms with van der Waals surface area (Å²) in [7, 11) is 0. The normalized spacial score (nSPS) is 13.3. The number of halogens is 1. The van der Waals surface area contributed by atoms with Gasteiger partial charge in [0.05, 0.1) is 28.3 Å². The third-order valence-electron chi connectivity index (χ3n) is 3.83. The first-order valence-corrected chi connectivity index (χ1v) is 7.85. The van der Waals surface area contributed by atoms with Crippen molar-refractivity contribution in [3.05, 3.63) is 68.2 Å². The molecule has 25 heavy (non-hydrogen) atoms. The van der Waals surface area contributed by atoms with Crippen LogP contribution in [0.4, 0.5) is 11.4 Å². The van der Waals surface area contributed by atoms with Crippen LogP contribution in [-0.2, 0) is 11.3 Å². The minimum absolute atomic E-state index is 0.0433. The molecule has 3 rings (SSSR count). The number of amides is 2. The second-order valence-corrected chi connectivity index (χ2v) is 5.78. The van der Waals surface area contributed by atoms with Crippen LogP contribution in [0.15, 0.2) is 36.4 Å². The Morgan fingerprint density at radius 1 is 1.12 bits per heavy atom. The molecular weight excluding hydrogens is 348 g/mol. The Hall–Kier alpha value is -2.77. The maximum absolute atomic E-state index is 12.7. The van der Waals surface area contributed by atoms with Gasteiger partial charge in [-0.1, -0.05) is 11.6 Å². The van der Waals surface area contributed by atoms with E-state index < -0.39 is 16.7 Å². The van der Waals surface area contributed by atoms with Gasteiger partial charge in [-0.15, -0.1) is 0 Å². The number of nitro benzene ring substituents is 1. The molecule has 1 heterocycles. The second kappa shape index (κ2) is 6.62. The van der Waals surface area contributed by atoms with Crippen LogP contribution in [0, 0.1) is 10.1 Å². The number of hydrogen-bond donors (Lipinski definition) is 0. The van der Waals surface area contributed by atoms with Crippen LogP contribution in [0.2, 0.25) is 5.02 Å². The number of carbonyl (C=O) groups is 2. The molecule has 8 heteroatoms. The highest BCUT2D eigenvalue weighted by atomic mass is 35.5. The van der Waals surface area contributed by atoms with Gasteiger partial charge >= 0.3 is 0 Å². The van der Waals surface area contributed by atoms with Crippen LogP contribution >= 0.6 is 11.6 Å². The Balaban J connectivity index is 2.08. The number of non-ortho nitro benzene ring substituents is 1. The molecule has 0 aromatic heterocycles. The average molecular weight is 361 g/mol. The Bertz CT molecular complexity index is 897. The van der Waals surface area contributed by atoms with Crippen molar-refractivity contribution in [3.63, 3.8) is 0 Å². The van der Waals surface area contributed by atoms with Gasteiger partial charge in [0.15, 0.2) is 0 Å². The summed E-state index contributed by atoms with van der Waals surface area (Å²) in [5.74, 6) is -1.02. The molecule has 1 aliphatic heterocycles. The number of nitrogens with zero attached hydrogens (tertiary/aromatic N) is 2. The first kappa shape index (κ1) is 17.1. The van der Waals surface area contributed by atoms with Crippen molar-refractivity contribution in [1.82, 2.24) is 0 Å². The maximum atomic E-state index is 12.7. The molecule has 0 saturated carbocycles. The molecule has 0 aliphatic carbocycles. The second-order valence-electron chi connectivity index (χ2n) is 5.34. The predicted octanol–water partition coefficient (Wildman–Crippen LogP) is 3.59. The number of benzene rings is 2. The van der Waals surface area contributed by atoms with E-state index in [2.05, 4.69) is 0 Å². The third-order valence-corrected chi connectivity index (χ3v) is 4.06. The zero-order valence-electron chi connectivity index (χ0n) is 13.2. The zero-order valence-corrected chi connectivity index (χ0v) is 13.9. The van der Waals surface area contributed by atoms with Gasteiger partial charge in [0.1, 0.15) is 0 Å². The fourth-order valence-corrected chi connectivity index (χ4v) is 2.84. The number of fused-ring (bicyclic) bond motifs is 1. The van der Waals surface area contributed by atoms with Gasteiger partial charge in [-0.2, -0.15) is 0 Å². The van der Waals surface area contributed by atoms with Gasteiger partial charge in [0.2, 0.25) is 0 Å². The lowest BCUT2D eigenvalue weighted by Gasteiger charge is -2.18. The first-order chi connectivity index (χ1) is 11.9. The van der Waals surface area contributed by atoms with Crippen LogP contribution in [0.5, 0.6) is 0 Å². The van der Waals surface area contributed by atoms with Crippen molar-refractivity contribution in [2.75, 3.05) is 11.5 Å². The number of nitro groups is 1. The number of imide groups is 1. The molecule has 0 bridgehead atoms. The number of anilines is 1. The Morgan fingerprint density at radius 2 is 1.84 bits per heavy atom. The average Bonchev–Trinajstić information content (AvgIpc) is 2.83. The summed E-state index contributed by atoms with van der Waals surface area (Å²) in [6.45, 7) is 2.21. The first-order valence-electron chi connectivity index (χ1n) is 7.47. The molecule has 0 atom stereocenters. The van der Waals surface area contributed by atoms with Crippen LogP contribution < -0.4 is 4.90 Å². The highest BCUT2D eigenvalue weighted by molar-refractivity contribution is 6.36. The maximum Gasteiger partial charge on any atom is 0.269 e. The quantitative estimate of drug-likeness (QED) is 0.461. The molecule has 0 fully saturated rings. The molecule has 1 aliphatic rings. The van der Waals surface area contributed by atoms with E-state index in [1.807, 2.05) is 0 Å². The number of ether oxygens (including phenoxy) is 1. The molecule has 2 amide bonds. The highest BCUT2D eigenvalue weighted by Gasteiger charge is 2.38. The van der Waals surface area contributed by atoms with Crippen molar-refractivity contribution in [2.24, 2.45) is 0 Å². The minimum Gasteiger partial charge on any atom is -0.377 e. The van der Waals surface area contributed by atoms with Crippen LogP contribution in [0.1, 0.15) is 33.2 Å². The van der Waals surface area contributed by atoms with Crippen molar-refractivity contribution < 1.29 is 19.2 Å². The van der Waals surface area contributed by atoms with E-state index in [1.54, 1.807) is 6.92 Å². The lowest BCUT2D eigenvalue weighted by atomic mass is 10.1. The lowest BCUT2D eigenvalue weighted by molar-refractivity contribution is -0.384. The summed E-state index contributed by atoms with van der Waals surface area (Å²) in [5, 5.41) is 11.4. The van der Waals surface area contributed by atoms with Gasteiger partial charge in [-0.05, 0) is 31.2 Å². The third kappa shape index (κ3) is 2.99. The van der Waals surface area contributed by atoms with Gasteiger partial charge in [0, 0.05) is 29.3 Å². The molecule has 0 unspecified atom stereocenters. The molecule has 0 N–H and O–H groups in total. The molecule has 7 nitrogen and oxygen atoms in total. The topological polar surface area (TPSA) is 89.8 Å². The lowest BCUT2D eigenvalue weighted by Crippen LogP contribution is -2.30. The van der Waals surface area contributed by atoms with Gasteiger partial charge in [-0.25, -0.2) is 4.90 Å². The number of hydrogen-bond acceptors (Lipinski definition) is 5. The van der Waals surface area contributed by atoms with Gasteiger partial charge < -0.3 is 4.74 Å². The van der Waals surface area contributed by atoms with Gasteiger partial charge in [-0.3, -0.25) is 19.7 Å². The van der Waals surface area contributed by atoms with E-state index in [1.165, 1.54) is 36.4 Å². The van der Waals surface area contributed by atoms with E-state index >= 15 is 0 Å².